The summed E-state index contributed by atoms with van der Waals surface area (Å²) in [5.41, 5.74) is 7.22. The smallest absolute Gasteiger partial charge is 0.340 e. The largest absolute Gasteiger partial charge is 0.465 e. The third kappa shape index (κ3) is 3.96. The number of methoxy groups -OCH3 is 1. The molecule has 0 fully saturated rings. The number of rotatable bonds is 4. The third-order valence-electron chi connectivity index (χ3n) is 6.11. The number of hydrogen-bond donors (Lipinski definition) is 0. The number of anilines is 1. The zero-order valence-corrected chi connectivity index (χ0v) is 20.2. The second kappa shape index (κ2) is 8.78. The Morgan fingerprint density at radius 2 is 1.53 bits per heavy atom. The van der Waals surface area contributed by atoms with Crippen molar-refractivity contribution in [3.63, 3.8) is 0 Å². The van der Waals surface area contributed by atoms with Gasteiger partial charge in [-0.05, 0) is 99.8 Å². The lowest BCUT2D eigenvalue weighted by molar-refractivity contribution is -0.136. The van der Waals surface area contributed by atoms with Crippen LogP contribution in [0.15, 0.2) is 65.4 Å². The van der Waals surface area contributed by atoms with Gasteiger partial charge < -0.3 is 9.30 Å². The van der Waals surface area contributed by atoms with Crippen molar-refractivity contribution in [2.45, 2.75) is 34.6 Å². The molecular formula is C28H27FN2O3. The molecule has 0 N–H and O–H groups in total. The molecule has 1 amide bonds. The van der Waals surface area contributed by atoms with E-state index in [9.17, 15) is 14.0 Å². The highest BCUT2D eigenvalue weighted by Crippen LogP contribution is 2.37. The molecule has 34 heavy (non-hydrogen) atoms. The summed E-state index contributed by atoms with van der Waals surface area (Å²) >= 11 is 0. The van der Waals surface area contributed by atoms with Crippen LogP contribution in [0.1, 0.15) is 35.0 Å². The molecule has 0 bridgehead atoms. The molecule has 0 spiro atoms. The minimum absolute atomic E-state index is 0.248. The van der Waals surface area contributed by atoms with Crippen LogP contribution in [-0.4, -0.2) is 23.6 Å². The Balaban J connectivity index is 1.86. The van der Waals surface area contributed by atoms with Crippen molar-refractivity contribution in [1.29, 1.82) is 0 Å². The monoisotopic (exact) mass is 458 g/mol. The molecule has 0 saturated heterocycles. The van der Waals surface area contributed by atoms with Crippen LogP contribution in [0.5, 0.6) is 0 Å². The van der Waals surface area contributed by atoms with Crippen molar-refractivity contribution in [3.05, 3.63) is 99.3 Å². The van der Waals surface area contributed by atoms with Gasteiger partial charge in [0.1, 0.15) is 5.82 Å². The number of halogens is 1. The highest BCUT2D eigenvalue weighted by Gasteiger charge is 2.38. The number of amides is 1. The quantitative estimate of drug-likeness (QED) is 0.371. The minimum atomic E-state index is -0.559. The predicted octanol–water partition coefficient (Wildman–Crippen LogP) is 5.73. The number of aromatic nitrogens is 1. The zero-order valence-electron chi connectivity index (χ0n) is 20.2. The van der Waals surface area contributed by atoms with E-state index in [4.69, 9.17) is 4.74 Å². The van der Waals surface area contributed by atoms with Crippen molar-refractivity contribution in [2.24, 2.45) is 0 Å². The van der Waals surface area contributed by atoms with Crippen LogP contribution in [0.25, 0.3) is 11.8 Å². The maximum atomic E-state index is 13.6. The summed E-state index contributed by atoms with van der Waals surface area (Å²) < 4.78 is 20.5. The Morgan fingerprint density at radius 3 is 2.12 bits per heavy atom. The van der Waals surface area contributed by atoms with E-state index in [1.54, 1.807) is 30.0 Å². The van der Waals surface area contributed by atoms with Crippen molar-refractivity contribution >= 4 is 23.6 Å². The third-order valence-corrected chi connectivity index (χ3v) is 6.11. The van der Waals surface area contributed by atoms with Crippen molar-refractivity contribution in [3.8, 4) is 5.69 Å². The summed E-state index contributed by atoms with van der Waals surface area (Å²) in [7, 11) is 1.31. The fourth-order valence-corrected chi connectivity index (χ4v) is 4.65. The lowest BCUT2D eigenvalue weighted by atomic mass is 10.0. The molecule has 6 heteroatoms. The Kier molecular flexibility index (Phi) is 6.00. The minimum Gasteiger partial charge on any atom is -0.465 e. The molecular weight excluding hydrogens is 431 g/mol. The lowest BCUT2D eigenvalue weighted by Crippen LogP contribution is -2.24. The molecule has 0 radical (unpaired) electrons. The molecule has 3 aromatic rings. The summed E-state index contributed by atoms with van der Waals surface area (Å²) in [6, 6.07) is 14.1. The van der Waals surface area contributed by atoms with Gasteiger partial charge in [-0.25, -0.2) is 9.18 Å². The van der Waals surface area contributed by atoms with E-state index < -0.39 is 5.97 Å². The number of ether oxygens (including phenoxy) is 1. The number of carbonyl (C=O) groups excluding carboxylic acids is 2. The van der Waals surface area contributed by atoms with Crippen molar-refractivity contribution in [1.82, 2.24) is 4.57 Å². The predicted molar refractivity (Wildman–Crippen MR) is 131 cm³/mol. The van der Waals surface area contributed by atoms with E-state index in [1.165, 1.54) is 19.2 Å². The number of hydrogen-bond acceptors (Lipinski definition) is 3. The number of aryl methyl sites for hydroxylation is 3. The van der Waals surface area contributed by atoms with Crippen LogP contribution in [-0.2, 0) is 14.3 Å². The number of benzene rings is 2. The van der Waals surface area contributed by atoms with Gasteiger partial charge in [-0.15, -0.1) is 0 Å². The molecule has 4 rings (SSSR count). The molecule has 1 aliphatic rings. The highest BCUT2D eigenvalue weighted by molar-refractivity contribution is 6.23. The fourth-order valence-electron chi connectivity index (χ4n) is 4.65. The van der Waals surface area contributed by atoms with Crippen LogP contribution < -0.4 is 4.90 Å². The van der Waals surface area contributed by atoms with Gasteiger partial charge in [0, 0.05) is 28.5 Å². The molecule has 1 aromatic heterocycles. The highest BCUT2D eigenvalue weighted by atomic mass is 19.1. The normalized spacial score (nSPS) is 15.0. The van der Waals surface area contributed by atoms with E-state index in [-0.39, 0.29) is 22.9 Å². The molecule has 174 valence electrons. The molecule has 5 nitrogen and oxygen atoms in total. The van der Waals surface area contributed by atoms with E-state index in [1.807, 2.05) is 56.5 Å². The molecule has 0 aliphatic carbocycles. The van der Waals surface area contributed by atoms with Crippen LogP contribution >= 0.6 is 0 Å². The molecule has 1 aliphatic heterocycles. The van der Waals surface area contributed by atoms with Gasteiger partial charge in [0.05, 0.1) is 18.3 Å². The first-order valence-corrected chi connectivity index (χ1v) is 11.0. The number of esters is 1. The maximum absolute atomic E-state index is 13.6. The fraction of sp³-hybridized carbons (Fsp3) is 0.214. The Labute approximate surface area is 198 Å². The molecule has 0 unspecified atom stereocenters. The van der Waals surface area contributed by atoms with Crippen molar-refractivity contribution < 1.29 is 18.7 Å². The SMILES string of the molecule is COC(=O)C1=C(C)N(c2cc(C)cc(C)c2)C(=O)/C1=C\c1cc(C)n(-c2ccc(F)cc2)c1C. The second-order valence-corrected chi connectivity index (χ2v) is 8.63. The molecule has 0 atom stereocenters. The summed E-state index contributed by atoms with van der Waals surface area (Å²) in [6.07, 6.45) is 1.74. The topological polar surface area (TPSA) is 51.5 Å². The van der Waals surface area contributed by atoms with Crippen LogP contribution in [0, 0.1) is 33.5 Å². The summed E-state index contributed by atoms with van der Waals surface area (Å²) in [4.78, 5) is 28.0. The van der Waals surface area contributed by atoms with Gasteiger partial charge in [-0.3, -0.25) is 9.69 Å². The van der Waals surface area contributed by atoms with E-state index in [0.29, 0.717) is 11.4 Å². The maximum Gasteiger partial charge on any atom is 0.340 e. The van der Waals surface area contributed by atoms with E-state index in [2.05, 4.69) is 0 Å². The summed E-state index contributed by atoms with van der Waals surface area (Å²) in [6.45, 7) is 9.57. The van der Waals surface area contributed by atoms with E-state index in [0.717, 1.165) is 33.8 Å². The van der Waals surface area contributed by atoms with Gasteiger partial charge in [0.15, 0.2) is 0 Å². The van der Waals surface area contributed by atoms with Crippen LogP contribution in [0.2, 0.25) is 0 Å². The van der Waals surface area contributed by atoms with Gasteiger partial charge >= 0.3 is 5.97 Å². The van der Waals surface area contributed by atoms with Crippen LogP contribution in [0.3, 0.4) is 0 Å². The Hall–Kier alpha value is -3.93. The second-order valence-electron chi connectivity index (χ2n) is 8.63. The average molecular weight is 459 g/mol. The molecule has 2 aromatic carbocycles. The molecule has 0 saturated carbocycles. The standard InChI is InChI=1S/C28H27FN2O3/c1-16-11-17(2)13-24(12-16)31-20(5)26(28(33)34-6)25(27(31)32)15-21-14-18(3)30(19(21)4)23-9-7-22(29)8-10-23/h7-15H,1-6H3/b25-15-. The van der Waals surface area contributed by atoms with Gasteiger partial charge in [-0.2, -0.15) is 0 Å². The first kappa shape index (κ1) is 23.2. The zero-order chi connectivity index (χ0) is 24.7. The average Bonchev–Trinajstić information content (AvgIpc) is 3.19. The summed E-state index contributed by atoms with van der Waals surface area (Å²) in [5, 5.41) is 0. The summed E-state index contributed by atoms with van der Waals surface area (Å²) in [5.74, 6) is -1.15. The van der Waals surface area contributed by atoms with Gasteiger partial charge in [0.2, 0.25) is 0 Å². The Morgan fingerprint density at radius 1 is 0.912 bits per heavy atom. The first-order valence-electron chi connectivity index (χ1n) is 11.0. The first-order chi connectivity index (χ1) is 16.1. The number of allylic oxidation sites excluding steroid dienone is 1. The van der Waals surface area contributed by atoms with Crippen molar-refractivity contribution in [2.75, 3.05) is 12.0 Å². The Bertz CT molecular complexity index is 1360. The van der Waals surface area contributed by atoms with E-state index >= 15 is 0 Å². The van der Waals surface area contributed by atoms with Gasteiger partial charge in [0.25, 0.3) is 5.91 Å². The molecule has 2 heterocycles. The number of carbonyl (C=O) groups is 2. The number of nitrogens with zero attached hydrogens (tertiary/aromatic N) is 2. The lowest BCUT2D eigenvalue weighted by Gasteiger charge is -2.19. The van der Waals surface area contributed by atoms with Crippen LogP contribution in [0.4, 0.5) is 10.1 Å². The van der Waals surface area contributed by atoms with Gasteiger partial charge in [-0.1, -0.05) is 6.07 Å².